The molecule has 0 aliphatic heterocycles. The fourth-order valence-electron chi connectivity index (χ4n) is 1.28. The van der Waals surface area contributed by atoms with E-state index in [1.165, 1.54) is 25.8 Å². The second kappa shape index (κ2) is 5.36. The molecule has 0 radical (unpaired) electrons. The van der Waals surface area contributed by atoms with Crippen LogP contribution in [0.1, 0.15) is 33.1 Å². The van der Waals surface area contributed by atoms with E-state index >= 15 is 0 Å². The lowest BCUT2D eigenvalue weighted by Crippen LogP contribution is -2.35. The largest absolute Gasteiger partial charge is 0.331 e. The van der Waals surface area contributed by atoms with E-state index in [2.05, 4.69) is 41.1 Å². The number of hydrogen-bond acceptors (Lipinski definition) is 0. The van der Waals surface area contributed by atoms with Crippen LogP contribution in [0, 0.1) is 0 Å². The van der Waals surface area contributed by atoms with Gasteiger partial charge in [-0.15, -0.1) is 0 Å². The molecule has 0 rings (SSSR count). The minimum absolute atomic E-state index is 1.08. The van der Waals surface area contributed by atoms with E-state index in [0.29, 0.717) is 0 Å². The molecule has 0 aliphatic rings. The van der Waals surface area contributed by atoms with Gasteiger partial charge < -0.3 is 4.48 Å². The number of quaternary nitrogens is 1. The zero-order valence-corrected chi connectivity index (χ0v) is 9.35. The van der Waals surface area contributed by atoms with Crippen LogP contribution in [-0.2, 0) is 0 Å². The maximum atomic E-state index is 2.33. The Morgan fingerprint density at radius 2 is 1.83 bits per heavy atom. The Morgan fingerprint density at radius 3 is 2.25 bits per heavy atom. The molecule has 0 bridgehead atoms. The average molecular weight is 170 g/mol. The Bertz CT molecular complexity index is 140. The molecule has 0 aromatic carbocycles. The van der Waals surface area contributed by atoms with Gasteiger partial charge in [-0.25, -0.2) is 0 Å². The number of hydrogen-bond donors (Lipinski definition) is 0. The van der Waals surface area contributed by atoms with Crippen molar-refractivity contribution < 1.29 is 4.48 Å². The van der Waals surface area contributed by atoms with Gasteiger partial charge in [-0.2, -0.15) is 0 Å². The summed E-state index contributed by atoms with van der Waals surface area (Å²) in [6, 6.07) is 0. The number of allylic oxidation sites excluding steroid dienone is 2. The van der Waals surface area contributed by atoms with Crippen molar-refractivity contribution in [3.05, 3.63) is 11.6 Å². The van der Waals surface area contributed by atoms with Crippen molar-refractivity contribution in [2.24, 2.45) is 0 Å². The molecule has 0 aromatic heterocycles. The summed E-state index contributed by atoms with van der Waals surface area (Å²) in [5.74, 6) is 0. The molecule has 1 heteroatoms. The summed E-state index contributed by atoms with van der Waals surface area (Å²) in [7, 11) is 6.75. The average Bonchev–Trinajstić information content (AvgIpc) is 1.84. The van der Waals surface area contributed by atoms with Gasteiger partial charge in [-0.1, -0.05) is 18.6 Å². The lowest BCUT2D eigenvalue weighted by molar-refractivity contribution is -0.870. The van der Waals surface area contributed by atoms with Gasteiger partial charge in [0.1, 0.15) is 0 Å². The van der Waals surface area contributed by atoms with Crippen LogP contribution in [0.25, 0.3) is 0 Å². The molecular formula is C11H24N+. The molecule has 12 heavy (non-hydrogen) atoms. The molecule has 0 saturated carbocycles. The Hall–Kier alpha value is -0.300. The van der Waals surface area contributed by atoms with Crippen LogP contribution in [0.4, 0.5) is 0 Å². The molecule has 0 unspecified atom stereocenters. The van der Waals surface area contributed by atoms with Gasteiger partial charge in [0.05, 0.1) is 27.7 Å². The predicted molar refractivity (Wildman–Crippen MR) is 56.2 cm³/mol. The molecule has 0 spiro atoms. The van der Waals surface area contributed by atoms with Crippen molar-refractivity contribution >= 4 is 0 Å². The van der Waals surface area contributed by atoms with Gasteiger partial charge in [0.25, 0.3) is 0 Å². The van der Waals surface area contributed by atoms with Crippen LogP contribution < -0.4 is 0 Å². The summed E-state index contributed by atoms with van der Waals surface area (Å²) in [6.07, 6.45) is 6.08. The first-order valence-electron chi connectivity index (χ1n) is 4.92. The van der Waals surface area contributed by atoms with Crippen molar-refractivity contribution in [1.29, 1.82) is 0 Å². The molecule has 0 amide bonds. The minimum Gasteiger partial charge on any atom is -0.331 e. The predicted octanol–water partition coefficient (Wildman–Crippen LogP) is 2.83. The number of nitrogens with zero attached hydrogens (tertiary/aromatic N) is 1. The molecule has 0 heterocycles. The summed E-state index contributed by atoms with van der Waals surface area (Å²) in [5.41, 5.74) is 1.55. The quantitative estimate of drug-likeness (QED) is 0.439. The van der Waals surface area contributed by atoms with E-state index in [1.54, 1.807) is 5.57 Å². The third-order valence-corrected chi connectivity index (χ3v) is 1.95. The van der Waals surface area contributed by atoms with E-state index in [4.69, 9.17) is 0 Å². The first-order valence-corrected chi connectivity index (χ1v) is 4.92. The van der Waals surface area contributed by atoms with Crippen molar-refractivity contribution in [1.82, 2.24) is 0 Å². The summed E-state index contributed by atoms with van der Waals surface area (Å²) in [5, 5.41) is 0. The third kappa shape index (κ3) is 7.80. The highest BCUT2D eigenvalue weighted by molar-refractivity contribution is 4.96. The van der Waals surface area contributed by atoms with Gasteiger partial charge in [-0.05, 0) is 19.8 Å². The molecule has 0 aliphatic carbocycles. The normalized spacial score (nSPS) is 13.6. The van der Waals surface area contributed by atoms with Crippen LogP contribution >= 0.6 is 0 Å². The summed E-state index contributed by atoms with van der Waals surface area (Å²) in [6.45, 7) is 5.71. The highest BCUT2D eigenvalue weighted by atomic mass is 15.3. The fourth-order valence-corrected chi connectivity index (χ4v) is 1.28. The molecule has 72 valence electrons. The maximum Gasteiger partial charge on any atom is 0.0783 e. The minimum atomic E-state index is 1.08. The van der Waals surface area contributed by atoms with Gasteiger partial charge in [0.2, 0.25) is 0 Å². The van der Waals surface area contributed by atoms with E-state index in [-0.39, 0.29) is 0 Å². The van der Waals surface area contributed by atoms with E-state index in [9.17, 15) is 0 Å². The first kappa shape index (κ1) is 11.7. The monoisotopic (exact) mass is 170 g/mol. The second-order valence-corrected chi connectivity index (χ2v) is 4.58. The van der Waals surface area contributed by atoms with Gasteiger partial charge in [-0.3, -0.25) is 0 Å². The molecular weight excluding hydrogens is 146 g/mol. The van der Waals surface area contributed by atoms with Crippen LogP contribution in [0.15, 0.2) is 11.6 Å². The maximum absolute atomic E-state index is 2.33. The van der Waals surface area contributed by atoms with Gasteiger partial charge in [0.15, 0.2) is 0 Å². The SMILES string of the molecule is CC/C=C(\C)CCC[N+](C)(C)C. The van der Waals surface area contributed by atoms with Crippen molar-refractivity contribution in [3.63, 3.8) is 0 Å². The Morgan fingerprint density at radius 1 is 1.25 bits per heavy atom. The standard InChI is InChI=1S/C11H24N/c1-6-8-11(2)9-7-10-12(3,4)5/h8H,6-7,9-10H2,1-5H3/q+1/b11-8+. The Balaban J connectivity index is 3.50. The third-order valence-electron chi connectivity index (χ3n) is 1.95. The summed E-state index contributed by atoms with van der Waals surface area (Å²) in [4.78, 5) is 0. The number of rotatable bonds is 5. The molecule has 1 nitrogen and oxygen atoms in total. The molecule has 0 saturated heterocycles. The topological polar surface area (TPSA) is 0 Å². The fraction of sp³-hybridized carbons (Fsp3) is 0.818. The first-order chi connectivity index (χ1) is 5.45. The van der Waals surface area contributed by atoms with Crippen molar-refractivity contribution in [2.45, 2.75) is 33.1 Å². The molecule has 0 atom stereocenters. The zero-order chi connectivity index (χ0) is 9.61. The molecule has 0 N–H and O–H groups in total. The summed E-state index contributed by atoms with van der Waals surface area (Å²) >= 11 is 0. The molecule has 0 fully saturated rings. The van der Waals surface area contributed by atoms with Crippen LogP contribution in [0.5, 0.6) is 0 Å². The van der Waals surface area contributed by atoms with Crippen LogP contribution in [-0.4, -0.2) is 32.2 Å². The smallest absolute Gasteiger partial charge is 0.0783 e. The van der Waals surface area contributed by atoms with E-state index in [0.717, 1.165) is 4.48 Å². The lowest BCUT2D eigenvalue weighted by atomic mass is 10.1. The van der Waals surface area contributed by atoms with E-state index in [1.807, 2.05) is 0 Å². The Kier molecular flexibility index (Phi) is 5.23. The molecule has 0 aromatic rings. The second-order valence-electron chi connectivity index (χ2n) is 4.58. The lowest BCUT2D eigenvalue weighted by Gasteiger charge is -2.23. The van der Waals surface area contributed by atoms with Crippen LogP contribution in [0.2, 0.25) is 0 Å². The van der Waals surface area contributed by atoms with Gasteiger partial charge in [0, 0.05) is 6.42 Å². The van der Waals surface area contributed by atoms with Crippen molar-refractivity contribution in [3.8, 4) is 0 Å². The van der Waals surface area contributed by atoms with Crippen molar-refractivity contribution in [2.75, 3.05) is 27.7 Å². The highest BCUT2D eigenvalue weighted by Gasteiger charge is 2.05. The summed E-state index contributed by atoms with van der Waals surface area (Å²) < 4.78 is 1.08. The van der Waals surface area contributed by atoms with Crippen LogP contribution in [0.3, 0.4) is 0 Å². The Labute approximate surface area is 77.7 Å². The highest BCUT2D eigenvalue weighted by Crippen LogP contribution is 2.06. The van der Waals surface area contributed by atoms with E-state index < -0.39 is 0 Å². The zero-order valence-electron chi connectivity index (χ0n) is 9.35. The van der Waals surface area contributed by atoms with Gasteiger partial charge >= 0.3 is 0 Å².